The van der Waals surface area contributed by atoms with Crippen LogP contribution >= 0.6 is 11.3 Å². The molecule has 7 nitrogen and oxygen atoms in total. The van der Waals surface area contributed by atoms with Crippen molar-refractivity contribution in [2.75, 3.05) is 0 Å². The minimum Gasteiger partial charge on any atom is -0.502 e. The normalized spacial score (nSPS) is 11.1. The van der Waals surface area contributed by atoms with Gasteiger partial charge in [0.25, 0.3) is 5.56 Å². The summed E-state index contributed by atoms with van der Waals surface area (Å²) in [4.78, 5) is 24.0. The summed E-state index contributed by atoms with van der Waals surface area (Å²) < 4.78 is 3.44. The monoisotopic (exact) mass is 381 g/mol. The summed E-state index contributed by atoms with van der Waals surface area (Å²) in [6.45, 7) is 2.18. The number of hydrogen-bond donors (Lipinski definition) is 2. The lowest BCUT2D eigenvalue weighted by atomic mass is 10.2. The van der Waals surface area contributed by atoms with E-state index in [0.29, 0.717) is 10.2 Å². The maximum Gasteiger partial charge on any atom is 0.341 e. The van der Waals surface area contributed by atoms with Crippen molar-refractivity contribution in [3.05, 3.63) is 75.1 Å². The number of aromatic carboxylic acids is 1. The van der Waals surface area contributed by atoms with Crippen LogP contribution in [0.15, 0.2) is 52.9 Å². The average Bonchev–Trinajstić information content (AvgIpc) is 3.29. The molecule has 3 heterocycles. The lowest BCUT2D eigenvalue weighted by Gasteiger charge is -2.09. The first-order valence-corrected chi connectivity index (χ1v) is 9.00. The number of aromatic nitrogens is 3. The van der Waals surface area contributed by atoms with Crippen LogP contribution in [0.1, 0.15) is 21.5 Å². The van der Waals surface area contributed by atoms with Crippen molar-refractivity contribution in [3.63, 3.8) is 0 Å². The van der Waals surface area contributed by atoms with Gasteiger partial charge in [-0.2, -0.15) is 5.10 Å². The van der Waals surface area contributed by atoms with Crippen LogP contribution in [0.2, 0.25) is 0 Å². The molecule has 1 aromatic carbocycles. The van der Waals surface area contributed by atoms with Crippen LogP contribution in [0.5, 0.6) is 5.75 Å². The van der Waals surface area contributed by atoms with E-state index in [1.807, 2.05) is 31.2 Å². The van der Waals surface area contributed by atoms with Crippen molar-refractivity contribution in [3.8, 4) is 11.4 Å². The fraction of sp³-hybridized carbons (Fsp3) is 0.105. The van der Waals surface area contributed by atoms with E-state index in [1.54, 1.807) is 28.5 Å². The molecule has 27 heavy (non-hydrogen) atoms. The highest BCUT2D eigenvalue weighted by Gasteiger charge is 2.22. The van der Waals surface area contributed by atoms with Gasteiger partial charge >= 0.3 is 5.97 Å². The van der Waals surface area contributed by atoms with Crippen LogP contribution in [0.4, 0.5) is 0 Å². The van der Waals surface area contributed by atoms with Gasteiger partial charge in [0.2, 0.25) is 0 Å². The Bertz CT molecular complexity index is 1220. The van der Waals surface area contributed by atoms with Gasteiger partial charge in [0, 0.05) is 11.8 Å². The number of pyridine rings is 1. The Hall–Kier alpha value is -3.39. The van der Waals surface area contributed by atoms with E-state index in [-0.39, 0.29) is 12.1 Å². The van der Waals surface area contributed by atoms with E-state index < -0.39 is 17.3 Å². The summed E-state index contributed by atoms with van der Waals surface area (Å²) in [5.41, 5.74) is 2.18. The molecule has 0 aliphatic carbocycles. The highest BCUT2D eigenvalue weighted by Crippen LogP contribution is 2.29. The summed E-state index contributed by atoms with van der Waals surface area (Å²) in [6.07, 6.45) is 3.45. The Morgan fingerprint density at radius 1 is 1.22 bits per heavy atom. The molecule has 2 N–H and O–H groups in total. The standard InChI is InChI=1S/C19H15N3O4S/c1-11-2-4-13(5-3-11)22-10-12(8-20-22)9-21-14-6-7-27-17(14)15(19(25)26)16(23)18(21)24/h2-8,10,23H,9H2,1H3,(H,25,26). The summed E-state index contributed by atoms with van der Waals surface area (Å²) >= 11 is 1.17. The maximum absolute atomic E-state index is 12.6. The quantitative estimate of drug-likeness (QED) is 0.566. The number of benzene rings is 1. The molecule has 0 aliphatic rings. The predicted molar refractivity (Wildman–Crippen MR) is 102 cm³/mol. The summed E-state index contributed by atoms with van der Waals surface area (Å²) in [5.74, 6) is -2.07. The second-order valence-electron chi connectivity index (χ2n) is 6.18. The molecule has 4 aromatic rings. The molecule has 0 radical (unpaired) electrons. The van der Waals surface area contributed by atoms with Gasteiger partial charge in [-0.3, -0.25) is 9.36 Å². The molecule has 136 valence electrons. The van der Waals surface area contributed by atoms with E-state index in [4.69, 9.17) is 0 Å². The van der Waals surface area contributed by atoms with Crippen molar-refractivity contribution in [2.24, 2.45) is 0 Å². The van der Waals surface area contributed by atoms with Crippen molar-refractivity contribution >= 4 is 27.5 Å². The molecule has 0 aliphatic heterocycles. The first-order chi connectivity index (χ1) is 13.0. The highest BCUT2D eigenvalue weighted by molar-refractivity contribution is 7.17. The molecule has 8 heteroatoms. The Labute approximate surface area is 157 Å². The number of carboxylic acid groups (broad SMARTS) is 1. The molecule has 0 atom stereocenters. The van der Waals surface area contributed by atoms with Gasteiger partial charge in [0.1, 0.15) is 5.56 Å². The third-order valence-corrected chi connectivity index (χ3v) is 5.26. The molecule has 0 saturated heterocycles. The zero-order valence-corrected chi connectivity index (χ0v) is 15.1. The van der Waals surface area contributed by atoms with Crippen LogP contribution < -0.4 is 5.56 Å². The van der Waals surface area contributed by atoms with E-state index in [9.17, 15) is 19.8 Å². The zero-order valence-electron chi connectivity index (χ0n) is 14.3. The van der Waals surface area contributed by atoms with E-state index in [1.165, 1.54) is 15.9 Å². The van der Waals surface area contributed by atoms with Crippen LogP contribution in [0.3, 0.4) is 0 Å². The largest absolute Gasteiger partial charge is 0.502 e. The molecule has 0 amide bonds. The van der Waals surface area contributed by atoms with Gasteiger partial charge in [0.05, 0.1) is 28.6 Å². The molecule has 3 aromatic heterocycles. The van der Waals surface area contributed by atoms with Gasteiger partial charge < -0.3 is 10.2 Å². The SMILES string of the molecule is Cc1ccc(-n2cc(Cn3c(=O)c(O)c(C(=O)O)c4sccc43)cn2)cc1. The van der Waals surface area contributed by atoms with Crippen molar-refractivity contribution < 1.29 is 15.0 Å². The Balaban J connectivity index is 1.77. The van der Waals surface area contributed by atoms with Crippen LogP contribution in [0.25, 0.3) is 15.9 Å². The van der Waals surface area contributed by atoms with Crippen LogP contribution in [0, 0.1) is 6.92 Å². The number of aromatic hydroxyl groups is 1. The van der Waals surface area contributed by atoms with Crippen molar-refractivity contribution in [1.82, 2.24) is 14.3 Å². The molecule has 0 saturated carbocycles. The average molecular weight is 381 g/mol. The van der Waals surface area contributed by atoms with Gasteiger partial charge in [-0.15, -0.1) is 11.3 Å². The Morgan fingerprint density at radius 2 is 1.96 bits per heavy atom. The number of carboxylic acids is 1. The summed E-state index contributed by atoms with van der Waals surface area (Å²) in [7, 11) is 0. The number of carbonyl (C=O) groups is 1. The molecule has 0 unspecified atom stereocenters. The van der Waals surface area contributed by atoms with E-state index in [0.717, 1.165) is 16.8 Å². The fourth-order valence-corrected chi connectivity index (χ4v) is 3.91. The van der Waals surface area contributed by atoms with Crippen molar-refractivity contribution in [1.29, 1.82) is 0 Å². The molecular weight excluding hydrogens is 366 g/mol. The van der Waals surface area contributed by atoms with E-state index >= 15 is 0 Å². The number of thiophene rings is 1. The van der Waals surface area contributed by atoms with Crippen molar-refractivity contribution in [2.45, 2.75) is 13.5 Å². The highest BCUT2D eigenvalue weighted by atomic mass is 32.1. The fourth-order valence-electron chi connectivity index (χ4n) is 2.97. The number of hydrogen-bond acceptors (Lipinski definition) is 5. The molecule has 0 spiro atoms. The molecular formula is C19H15N3O4S. The lowest BCUT2D eigenvalue weighted by molar-refractivity contribution is 0.0695. The minimum absolute atomic E-state index is 0.172. The number of aryl methyl sites for hydroxylation is 1. The number of fused-ring (bicyclic) bond motifs is 1. The number of rotatable bonds is 4. The maximum atomic E-state index is 12.6. The van der Waals surface area contributed by atoms with Gasteiger partial charge in [-0.25, -0.2) is 9.48 Å². The number of nitrogens with zero attached hydrogens (tertiary/aromatic N) is 3. The Morgan fingerprint density at radius 3 is 2.67 bits per heavy atom. The molecule has 0 fully saturated rings. The van der Waals surface area contributed by atoms with Crippen LogP contribution in [-0.4, -0.2) is 30.5 Å². The summed E-state index contributed by atoms with van der Waals surface area (Å²) in [5, 5.41) is 25.5. The van der Waals surface area contributed by atoms with Gasteiger partial charge in [-0.05, 0) is 30.5 Å². The van der Waals surface area contributed by atoms with E-state index in [2.05, 4.69) is 5.10 Å². The summed E-state index contributed by atoms with van der Waals surface area (Å²) in [6, 6.07) is 9.54. The minimum atomic E-state index is -1.32. The molecule has 0 bridgehead atoms. The topological polar surface area (TPSA) is 97.3 Å². The Kier molecular flexibility index (Phi) is 4.04. The van der Waals surface area contributed by atoms with Gasteiger partial charge in [-0.1, -0.05) is 17.7 Å². The smallest absolute Gasteiger partial charge is 0.341 e. The predicted octanol–water partition coefficient (Wildman–Crippen LogP) is 3.01. The third-order valence-electron chi connectivity index (χ3n) is 4.34. The second-order valence-corrected chi connectivity index (χ2v) is 7.10. The third kappa shape index (κ3) is 2.89. The molecule has 4 rings (SSSR count). The zero-order chi connectivity index (χ0) is 19.1. The first-order valence-electron chi connectivity index (χ1n) is 8.12. The van der Waals surface area contributed by atoms with Crippen LogP contribution in [-0.2, 0) is 6.54 Å². The second kappa shape index (κ2) is 6.40. The van der Waals surface area contributed by atoms with Gasteiger partial charge in [0.15, 0.2) is 5.75 Å². The lowest BCUT2D eigenvalue weighted by Crippen LogP contribution is -2.22. The first kappa shape index (κ1) is 17.0.